The van der Waals surface area contributed by atoms with E-state index < -0.39 is 8.32 Å². The molecule has 4 heteroatoms. The van der Waals surface area contributed by atoms with Crippen molar-refractivity contribution in [2.24, 2.45) is 5.92 Å². The maximum absolute atomic E-state index is 12.0. The Morgan fingerprint density at radius 3 is 1.88 bits per heavy atom. The molecule has 0 bridgehead atoms. The Balaban J connectivity index is 2.40. The quantitative estimate of drug-likeness (QED) is 0.612. The maximum atomic E-state index is 12.0. The fourth-order valence-corrected chi connectivity index (χ4v) is 7.14. The fraction of sp³-hybridized carbons (Fsp3) is 0.381. The van der Waals surface area contributed by atoms with Crippen LogP contribution < -0.4 is 10.4 Å². The predicted octanol–water partition coefficient (Wildman–Crippen LogP) is 3.11. The molecular formula is C21H28O3Si. The van der Waals surface area contributed by atoms with Crippen molar-refractivity contribution in [2.45, 2.75) is 38.7 Å². The Morgan fingerprint density at radius 2 is 1.48 bits per heavy atom. The summed E-state index contributed by atoms with van der Waals surface area (Å²) in [6.45, 7) is 6.11. The van der Waals surface area contributed by atoms with Gasteiger partial charge in [-0.2, -0.15) is 0 Å². The summed E-state index contributed by atoms with van der Waals surface area (Å²) in [5.74, 6) is -0.366. The Hall–Kier alpha value is -1.91. The van der Waals surface area contributed by atoms with Crippen molar-refractivity contribution in [1.29, 1.82) is 0 Å². The third-order valence-electron chi connectivity index (χ3n) is 5.17. The molecule has 0 fully saturated rings. The predicted molar refractivity (Wildman–Crippen MR) is 105 cm³/mol. The minimum atomic E-state index is -2.99. The third-order valence-corrected chi connectivity index (χ3v) is 9.72. The average Bonchev–Trinajstić information content (AvgIpc) is 2.66. The summed E-state index contributed by atoms with van der Waals surface area (Å²) in [7, 11) is -1.57. The monoisotopic (exact) mass is 356 g/mol. The van der Waals surface area contributed by atoms with E-state index in [0.717, 1.165) is 16.8 Å². The van der Waals surface area contributed by atoms with Gasteiger partial charge in [0.05, 0.1) is 13.0 Å². The van der Waals surface area contributed by atoms with Gasteiger partial charge in [-0.3, -0.25) is 4.79 Å². The minimum absolute atomic E-state index is 0.172. The van der Waals surface area contributed by atoms with Crippen LogP contribution in [0.1, 0.15) is 33.6 Å². The number of rotatable bonds is 7. The van der Waals surface area contributed by atoms with Gasteiger partial charge in [0.2, 0.25) is 0 Å². The van der Waals surface area contributed by atoms with E-state index in [1.807, 2.05) is 67.6 Å². The first-order chi connectivity index (χ1) is 11.8. The highest BCUT2D eigenvalue weighted by Crippen LogP contribution is 2.40. The summed E-state index contributed by atoms with van der Waals surface area (Å²) >= 11 is 0. The molecule has 0 spiro atoms. The number of carbonyl (C=O) groups excluding carboxylic acids is 1. The highest BCUT2D eigenvalue weighted by molar-refractivity contribution is 6.98. The SMILES string of the molecule is COC(=O)[C@H](C)CCC(C)(C)[Si](O)(c1ccccc1)c1ccccc1. The fourth-order valence-electron chi connectivity index (χ4n) is 3.38. The summed E-state index contributed by atoms with van der Waals surface area (Å²) in [4.78, 5) is 23.8. The molecule has 0 saturated carbocycles. The number of ether oxygens (including phenoxy) is 1. The van der Waals surface area contributed by atoms with Crippen LogP contribution in [-0.2, 0) is 9.53 Å². The second kappa shape index (κ2) is 7.98. The van der Waals surface area contributed by atoms with Gasteiger partial charge in [-0.05, 0) is 28.3 Å². The molecule has 2 aromatic rings. The van der Waals surface area contributed by atoms with Gasteiger partial charge in [-0.15, -0.1) is 0 Å². The molecule has 3 nitrogen and oxygen atoms in total. The number of hydrogen-bond donors (Lipinski definition) is 1. The molecule has 25 heavy (non-hydrogen) atoms. The molecule has 1 N–H and O–H groups in total. The van der Waals surface area contributed by atoms with Crippen molar-refractivity contribution in [3.8, 4) is 0 Å². The van der Waals surface area contributed by atoms with Crippen LogP contribution in [0.2, 0.25) is 5.04 Å². The second-order valence-corrected chi connectivity index (χ2v) is 11.2. The largest absolute Gasteiger partial charge is 0.469 e. The summed E-state index contributed by atoms with van der Waals surface area (Å²) in [6, 6.07) is 19.9. The van der Waals surface area contributed by atoms with E-state index in [2.05, 4.69) is 13.8 Å². The van der Waals surface area contributed by atoms with Crippen LogP contribution in [-0.4, -0.2) is 26.2 Å². The van der Waals surface area contributed by atoms with Gasteiger partial charge >= 0.3 is 5.97 Å². The van der Waals surface area contributed by atoms with Crippen molar-refractivity contribution < 1.29 is 14.3 Å². The highest BCUT2D eigenvalue weighted by Gasteiger charge is 2.49. The lowest BCUT2D eigenvalue weighted by Gasteiger charge is -2.41. The topological polar surface area (TPSA) is 46.5 Å². The zero-order valence-electron chi connectivity index (χ0n) is 15.5. The molecule has 0 aliphatic rings. The molecule has 0 aliphatic carbocycles. The molecule has 0 saturated heterocycles. The lowest BCUT2D eigenvalue weighted by Crippen LogP contribution is -2.65. The van der Waals surface area contributed by atoms with E-state index in [4.69, 9.17) is 4.74 Å². The number of methoxy groups -OCH3 is 1. The van der Waals surface area contributed by atoms with Crippen LogP contribution >= 0.6 is 0 Å². The van der Waals surface area contributed by atoms with Crippen molar-refractivity contribution in [3.05, 3.63) is 60.7 Å². The Morgan fingerprint density at radius 1 is 1.04 bits per heavy atom. The third kappa shape index (κ3) is 4.02. The summed E-state index contributed by atoms with van der Waals surface area (Å²) in [5, 5.41) is 1.66. The van der Waals surface area contributed by atoms with Gasteiger partial charge in [0.25, 0.3) is 8.32 Å². The molecule has 1 atom stereocenters. The molecular weight excluding hydrogens is 328 g/mol. The second-order valence-electron chi connectivity index (χ2n) is 7.29. The molecule has 2 rings (SSSR count). The summed E-state index contributed by atoms with van der Waals surface area (Å²) < 4.78 is 4.84. The van der Waals surface area contributed by atoms with Crippen LogP contribution in [0.25, 0.3) is 0 Å². The van der Waals surface area contributed by atoms with Crippen LogP contribution in [0.4, 0.5) is 0 Å². The van der Waals surface area contributed by atoms with Crippen LogP contribution in [0.3, 0.4) is 0 Å². The van der Waals surface area contributed by atoms with Crippen LogP contribution in [0, 0.1) is 5.92 Å². The van der Waals surface area contributed by atoms with Crippen molar-refractivity contribution in [3.63, 3.8) is 0 Å². The van der Waals surface area contributed by atoms with Gasteiger partial charge in [0.1, 0.15) is 0 Å². The minimum Gasteiger partial charge on any atom is -0.469 e. The lowest BCUT2D eigenvalue weighted by molar-refractivity contribution is -0.145. The van der Waals surface area contributed by atoms with Gasteiger partial charge in [0, 0.05) is 0 Å². The van der Waals surface area contributed by atoms with E-state index in [1.165, 1.54) is 7.11 Å². The molecule has 0 aliphatic heterocycles. The first kappa shape index (κ1) is 19.4. The van der Waals surface area contributed by atoms with Crippen molar-refractivity contribution >= 4 is 24.7 Å². The molecule has 134 valence electrons. The van der Waals surface area contributed by atoms with E-state index in [9.17, 15) is 9.59 Å². The number of benzene rings is 2. The number of hydrogen-bond acceptors (Lipinski definition) is 3. The smallest absolute Gasteiger partial charge is 0.308 e. The van der Waals surface area contributed by atoms with Gasteiger partial charge < -0.3 is 9.53 Å². The zero-order valence-corrected chi connectivity index (χ0v) is 16.5. The van der Waals surface area contributed by atoms with Crippen LogP contribution in [0.15, 0.2) is 60.7 Å². The van der Waals surface area contributed by atoms with E-state index in [0.29, 0.717) is 6.42 Å². The van der Waals surface area contributed by atoms with Crippen LogP contribution in [0.5, 0.6) is 0 Å². The number of carbonyl (C=O) groups is 1. The average molecular weight is 357 g/mol. The standard InChI is InChI=1S/C21H28O3Si/c1-17(20(22)24-4)15-16-21(2,3)25(23,18-11-7-5-8-12-18)19-13-9-6-10-14-19/h5-14,17,23H,15-16H2,1-4H3/t17-/m1/s1. The normalized spacial score (nSPS) is 13.3. The molecule has 0 heterocycles. The van der Waals surface area contributed by atoms with E-state index in [-0.39, 0.29) is 16.9 Å². The Kier molecular flexibility index (Phi) is 6.19. The lowest BCUT2D eigenvalue weighted by atomic mass is 9.98. The van der Waals surface area contributed by atoms with Gasteiger partial charge in [-0.1, -0.05) is 81.4 Å². The van der Waals surface area contributed by atoms with E-state index >= 15 is 0 Å². The van der Waals surface area contributed by atoms with Crippen molar-refractivity contribution in [2.75, 3.05) is 7.11 Å². The van der Waals surface area contributed by atoms with E-state index in [1.54, 1.807) is 0 Å². The Labute approximate surface area is 151 Å². The summed E-state index contributed by atoms with van der Waals surface area (Å²) in [5.41, 5.74) is 0. The summed E-state index contributed by atoms with van der Waals surface area (Å²) in [6.07, 6.45) is 1.43. The zero-order chi connectivity index (χ0) is 18.5. The van der Waals surface area contributed by atoms with Gasteiger partial charge in [0.15, 0.2) is 0 Å². The first-order valence-electron chi connectivity index (χ1n) is 8.74. The van der Waals surface area contributed by atoms with Gasteiger partial charge in [-0.25, -0.2) is 0 Å². The molecule has 0 amide bonds. The molecule has 0 aromatic heterocycles. The highest BCUT2D eigenvalue weighted by atomic mass is 28.4. The molecule has 0 unspecified atom stereocenters. The number of esters is 1. The molecule has 2 aromatic carbocycles. The Bertz CT molecular complexity index is 643. The maximum Gasteiger partial charge on any atom is 0.308 e. The first-order valence-corrected chi connectivity index (χ1v) is 10.7. The van der Waals surface area contributed by atoms with Crippen molar-refractivity contribution in [1.82, 2.24) is 0 Å². The molecule has 0 radical (unpaired) electrons.